The highest BCUT2D eigenvalue weighted by Gasteiger charge is 2.24. The summed E-state index contributed by atoms with van der Waals surface area (Å²) in [6.45, 7) is 0. The van der Waals surface area contributed by atoms with Gasteiger partial charge in [-0.15, -0.1) is 11.3 Å². The molecular weight excluding hydrogens is 350 g/mol. The molecule has 0 bridgehead atoms. The molecule has 0 saturated carbocycles. The molecule has 5 nitrogen and oxygen atoms in total. The average Bonchev–Trinajstić information content (AvgIpc) is 3.17. The van der Waals surface area contributed by atoms with E-state index in [0.29, 0.717) is 5.95 Å². The molecule has 0 aliphatic carbocycles. The van der Waals surface area contributed by atoms with Crippen molar-refractivity contribution < 1.29 is 0 Å². The summed E-state index contributed by atoms with van der Waals surface area (Å²) in [7, 11) is 0. The second-order valence-electron chi connectivity index (χ2n) is 4.62. The maximum atomic E-state index is 4.09. The van der Waals surface area contributed by atoms with Crippen molar-refractivity contribution in [3.05, 3.63) is 62.8 Å². The van der Waals surface area contributed by atoms with Crippen molar-refractivity contribution in [3.8, 4) is 0 Å². The number of allylic oxidation sites excluding steroid dienone is 1. The Morgan fingerprint density at radius 1 is 1.24 bits per heavy atom. The predicted molar refractivity (Wildman–Crippen MR) is 86.0 cm³/mol. The molecule has 0 saturated heterocycles. The van der Waals surface area contributed by atoms with Gasteiger partial charge in [-0.1, -0.05) is 39.2 Å². The number of nitrogens with one attached hydrogen (secondary N) is 1. The number of thiophene rings is 1. The first-order valence-electron chi connectivity index (χ1n) is 6.37. The van der Waals surface area contributed by atoms with Gasteiger partial charge >= 0.3 is 0 Å². The Morgan fingerprint density at radius 3 is 3.00 bits per heavy atom. The molecule has 1 aliphatic heterocycles. The van der Waals surface area contributed by atoms with Gasteiger partial charge in [0.05, 0.1) is 0 Å². The first-order chi connectivity index (χ1) is 10.3. The highest BCUT2D eigenvalue weighted by atomic mass is 79.9. The molecule has 0 amide bonds. The fraction of sp³-hybridized carbons (Fsp3) is 0.0714. The Hall–Kier alpha value is -1.99. The van der Waals surface area contributed by atoms with Crippen molar-refractivity contribution in [1.82, 2.24) is 20.2 Å². The van der Waals surface area contributed by atoms with Gasteiger partial charge in [0, 0.05) is 15.0 Å². The fourth-order valence-electron chi connectivity index (χ4n) is 2.34. The largest absolute Gasteiger partial charge is 0.323 e. The summed E-state index contributed by atoms with van der Waals surface area (Å²) < 4.78 is 2.84. The maximum absolute atomic E-state index is 4.09. The Balaban J connectivity index is 1.82. The van der Waals surface area contributed by atoms with Gasteiger partial charge in [-0.05, 0) is 45.6 Å². The molecule has 1 N–H and O–H groups in total. The summed E-state index contributed by atoms with van der Waals surface area (Å²) in [5.41, 5.74) is 2.11. The lowest BCUT2D eigenvalue weighted by atomic mass is 10.1. The molecular formula is C14H10BrN5S. The number of nitrogens with zero attached hydrogens (tertiary/aromatic N) is 4. The van der Waals surface area contributed by atoms with E-state index in [0.717, 1.165) is 15.7 Å². The quantitative estimate of drug-likeness (QED) is 0.759. The Kier molecular flexibility index (Phi) is 3.08. The summed E-state index contributed by atoms with van der Waals surface area (Å²) in [5, 5.41) is 17.3. The van der Waals surface area contributed by atoms with Crippen molar-refractivity contribution in [3.63, 3.8) is 0 Å². The number of rotatable bonds is 2. The van der Waals surface area contributed by atoms with Gasteiger partial charge < -0.3 is 5.32 Å². The molecule has 0 fully saturated rings. The summed E-state index contributed by atoms with van der Waals surface area (Å²) in [6.07, 6.45) is 2.15. The zero-order valence-corrected chi connectivity index (χ0v) is 13.2. The van der Waals surface area contributed by atoms with E-state index in [4.69, 9.17) is 0 Å². The minimum Gasteiger partial charge on any atom is -0.323 e. The van der Waals surface area contributed by atoms with E-state index in [1.54, 1.807) is 16.0 Å². The van der Waals surface area contributed by atoms with Gasteiger partial charge in [-0.2, -0.15) is 4.68 Å². The number of hydrogen-bond donors (Lipinski definition) is 1. The van der Waals surface area contributed by atoms with Crippen LogP contribution in [-0.2, 0) is 0 Å². The smallest absolute Gasteiger partial charge is 0.248 e. The Morgan fingerprint density at radius 2 is 2.19 bits per heavy atom. The molecule has 1 aliphatic rings. The highest BCUT2D eigenvalue weighted by Crippen LogP contribution is 2.33. The maximum Gasteiger partial charge on any atom is 0.248 e. The highest BCUT2D eigenvalue weighted by molar-refractivity contribution is 9.10. The van der Waals surface area contributed by atoms with E-state index in [1.807, 2.05) is 18.2 Å². The number of tetrazole rings is 1. The SMILES string of the molecule is Brc1cccc(C2=CC(c3cccs3)n3nnnc3N2)c1. The van der Waals surface area contributed by atoms with Crippen LogP contribution in [0, 0.1) is 0 Å². The number of halogens is 1. The van der Waals surface area contributed by atoms with Crippen molar-refractivity contribution >= 4 is 38.9 Å². The minimum absolute atomic E-state index is 0.0187. The molecule has 1 atom stereocenters. The number of anilines is 1. The standard InChI is InChI=1S/C14H10BrN5S/c15-10-4-1-3-9(7-10)11-8-12(13-5-2-6-21-13)20-14(16-11)17-18-19-20/h1-8,12H,(H,16,17,19). The van der Waals surface area contributed by atoms with Crippen LogP contribution in [0.1, 0.15) is 16.5 Å². The molecule has 0 radical (unpaired) electrons. The van der Waals surface area contributed by atoms with Gasteiger partial charge in [0.25, 0.3) is 0 Å². The third-order valence-corrected chi connectivity index (χ3v) is 4.73. The van der Waals surface area contributed by atoms with Crippen molar-refractivity contribution in [2.45, 2.75) is 6.04 Å². The first-order valence-corrected chi connectivity index (χ1v) is 8.04. The zero-order valence-electron chi connectivity index (χ0n) is 10.8. The number of hydrogen-bond acceptors (Lipinski definition) is 5. The van der Waals surface area contributed by atoms with Gasteiger partial charge in [0.2, 0.25) is 5.95 Å². The van der Waals surface area contributed by atoms with Crippen molar-refractivity contribution in [1.29, 1.82) is 0 Å². The fourth-order valence-corrected chi connectivity index (χ4v) is 3.52. The Labute approximate surface area is 133 Å². The summed E-state index contributed by atoms with van der Waals surface area (Å²) in [6, 6.07) is 12.3. The van der Waals surface area contributed by atoms with Crippen LogP contribution in [0.25, 0.3) is 5.70 Å². The third kappa shape index (κ3) is 2.28. The third-order valence-electron chi connectivity index (χ3n) is 3.30. The molecule has 4 rings (SSSR count). The minimum atomic E-state index is 0.0187. The predicted octanol–water partition coefficient (Wildman–Crippen LogP) is 3.55. The zero-order chi connectivity index (χ0) is 14.2. The summed E-state index contributed by atoms with van der Waals surface area (Å²) in [5.74, 6) is 0.658. The number of benzene rings is 1. The molecule has 104 valence electrons. The van der Waals surface area contributed by atoms with Crippen LogP contribution >= 0.6 is 27.3 Å². The Bertz CT molecular complexity index is 808. The van der Waals surface area contributed by atoms with Crippen LogP contribution < -0.4 is 5.32 Å². The first kappa shape index (κ1) is 12.7. The van der Waals surface area contributed by atoms with E-state index in [1.165, 1.54) is 4.88 Å². The van der Waals surface area contributed by atoms with Crippen LogP contribution in [0.3, 0.4) is 0 Å². The lowest BCUT2D eigenvalue weighted by Gasteiger charge is -2.22. The molecule has 0 spiro atoms. The normalized spacial score (nSPS) is 17.0. The second-order valence-corrected chi connectivity index (χ2v) is 6.52. The van der Waals surface area contributed by atoms with Gasteiger partial charge in [-0.3, -0.25) is 0 Å². The van der Waals surface area contributed by atoms with Crippen LogP contribution in [0.2, 0.25) is 0 Å². The molecule has 1 unspecified atom stereocenters. The number of fused-ring (bicyclic) bond motifs is 1. The lowest BCUT2D eigenvalue weighted by Crippen LogP contribution is -2.19. The lowest BCUT2D eigenvalue weighted by molar-refractivity contribution is 0.593. The van der Waals surface area contributed by atoms with E-state index in [9.17, 15) is 0 Å². The van der Waals surface area contributed by atoms with Gasteiger partial charge in [0.15, 0.2) is 0 Å². The van der Waals surface area contributed by atoms with Crippen molar-refractivity contribution in [2.75, 3.05) is 5.32 Å². The molecule has 1 aromatic carbocycles. The topological polar surface area (TPSA) is 55.6 Å². The van der Waals surface area contributed by atoms with E-state index in [2.05, 4.69) is 66.4 Å². The molecule has 21 heavy (non-hydrogen) atoms. The van der Waals surface area contributed by atoms with Crippen LogP contribution in [0.5, 0.6) is 0 Å². The number of aromatic nitrogens is 4. The monoisotopic (exact) mass is 359 g/mol. The van der Waals surface area contributed by atoms with Crippen molar-refractivity contribution in [2.24, 2.45) is 0 Å². The van der Waals surface area contributed by atoms with E-state index >= 15 is 0 Å². The summed E-state index contributed by atoms with van der Waals surface area (Å²) >= 11 is 5.21. The van der Waals surface area contributed by atoms with Gasteiger partial charge in [-0.25, -0.2) is 0 Å². The van der Waals surface area contributed by atoms with Gasteiger partial charge in [0.1, 0.15) is 6.04 Å². The van der Waals surface area contributed by atoms with Crippen LogP contribution in [0.15, 0.2) is 52.3 Å². The van der Waals surface area contributed by atoms with E-state index in [-0.39, 0.29) is 6.04 Å². The summed E-state index contributed by atoms with van der Waals surface area (Å²) in [4.78, 5) is 1.21. The average molecular weight is 360 g/mol. The molecule has 2 aromatic heterocycles. The van der Waals surface area contributed by atoms with Crippen LogP contribution in [-0.4, -0.2) is 20.2 Å². The molecule has 7 heteroatoms. The molecule has 3 heterocycles. The molecule has 3 aromatic rings. The van der Waals surface area contributed by atoms with Crippen LogP contribution in [0.4, 0.5) is 5.95 Å². The second kappa shape index (κ2) is 5.09. The van der Waals surface area contributed by atoms with E-state index < -0.39 is 0 Å².